The summed E-state index contributed by atoms with van der Waals surface area (Å²) in [7, 11) is 0. The summed E-state index contributed by atoms with van der Waals surface area (Å²) in [5.41, 5.74) is 2.91. The lowest BCUT2D eigenvalue weighted by Gasteiger charge is -2.10. The predicted molar refractivity (Wildman–Crippen MR) is 77.2 cm³/mol. The number of nitrogens with zero attached hydrogens (tertiary/aromatic N) is 1. The van der Waals surface area contributed by atoms with Crippen molar-refractivity contribution in [1.29, 1.82) is 0 Å². The van der Waals surface area contributed by atoms with Crippen molar-refractivity contribution in [2.75, 3.05) is 5.32 Å². The lowest BCUT2D eigenvalue weighted by Crippen LogP contribution is -2.23. The monoisotopic (exact) mass is 282 g/mol. The van der Waals surface area contributed by atoms with Crippen LogP contribution >= 0.6 is 0 Å². The zero-order valence-corrected chi connectivity index (χ0v) is 11.2. The molecule has 1 aliphatic rings. The number of amides is 1. The molecule has 0 radical (unpaired) electrons. The number of fused-ring (bicyclic) bond motifs is 1. The number of carboxylic acids is 1. The molecule has 2 N–H and O–H groups in total. The van der Waals surface area contributed by atoms with Crippen LogP contribution in [-0.4, -0.2) is 22.0 Å². The Kier molecular flexibility index (Phi) is 3.39. The maximum atomic E-state index is 12.2. The number of carboxylic acid groups (broad SMARTS) is 1. The van der Waals surface area contributed by atoms with Gasteiger partial charge in [-0.25, -0.2) is 9.78 Å². The number of anilines is 1. The van der Waals surface area contributed by atoms with Crippen LogP contribution in [0.3, 0.4) is 0 Å². The Hall–Kier alpha value is -2.69. The second kappa shape index (κ2) is 5.36. The zero-order chi connectivity index (χ0) is 14.8. The topological polar surface area (TPSA) is 79.3 Å². The van der Waals surface area contributed by atoms with Crippen molar-refractivity contribution in [3.63, 3.8) is 0 Å². The van der Waals surface area contributed by atoms with Crippen LogP contribution in [0.15, 0.2) is 42.6 Å². The first kappa shape index (κ1) is 13.3. The van der Waals surface area contributed by atoms with Crippen LogP contribution in [0.2, 0.25) is 0 Å². The molecule has 5 heteroatoms. The standard InChI is InChI=1S/C16H14N2O3/c19-15(12-7-10-3-1-2-4-11(10)8-12)18-13-5-6-14(16(20)21)17-9-13/h1-6,9,12H,7-8H2,(H,18,19)(H,20,21). The van der Waals surface area contributed by atoms with Gasteiger partial charge in [0.25, 0.3) is 0 Å². The molecule has 1 aromatic carbocycles. The van der Waals surface area contributed by atoms with Crippen molar-refractivity contribution < 1.29 is 14.7 Å². The quantitative estimate of drug-likeness (QED) is 0.904. The van der Waals surface area contributed by atoms with Crippen molar-refractivity contribution in [2.45, 2.75) is 12.8 Å². The van der Waals surface area contributed by atoms with Gasteiger partial charge in [-0.15, -0.1) is 0 Å². The highest BCUT2D eigenvalue weighted by molar-refractivity contribution is 5.93. The first-order valence-corrected chi connectivity index (χ1v) is 6.70. The molecule has 0 saturated carbocycles. The van der Waals surface area contributed by atoms with Crippen LogP contribution in [0.1, 0.15) is 21.6 Å². The first-order chi connectivity index (χ1) is 10.1. The third-order valence-electron chi connectivity index (χ3n) is 3.67. The van der Waals surface area contributed by atoms with Gasteiger partial charge in [0.2, 0.25) is 5.91 Å². The fraction of sp³-hybridized carbons (Fsp3) is 0.188. The summed E-state index contributed by atoms with van der Waals surface area (Å²) < 4.78 is 0. The summed E-state index contributed by atoms with van der Waals surface area (Å²) in [6, 6.07) is 11.0. The van der Waals surface area contributed by atoms with Gasteiger partial charge in [-0.2, -0.15) is 0 Å². The number of hydrogen-bond acceptors (Lipinski definition) is 3. The normalized spacial score (nSPS) is 13.7. The summed E-state index contributed by atoms with van der Waals surface area (Å²) in [5, 5.41) is 11.6. The van der Waals surface area contributed by atoms with Gasteiger partial charge in [-0.1, -0.05) is 24.3 Å². The Balaban J connectivity index is 1.66. The molecule has 0 spiro atoms. The van der Waals surface area contributed by atoms with Crippen molar-refractivity contribution in [3.8, 4) is 0 Å². The van der Waals surface area contributed by atoms with E-state index >= 15 is 0 Å². The number of rotatable bonds is 3. The number of hydrogen-bond donors (Lipinski definition) is 2. The van der Waals surface area contributed by atoms with Gasteiger partial charge in [0.1, 0.15) is 5.69 Å². The van der Waals surface area contributed by atoms with Crippen molar-refractivity contribution in [1.82, 2.24) is 4.98 Å². The summed E-state index contributed by atoms with van der Waals surface area (Å²) >= 11 is 0. The highest BCUT2D eigenvalue weighted by Crippen LogP contribution is 2.27. The second-order valence-corrected chi connectivity index (χ2v) is 5.10. The van der Waals surface area contributed by atoms with E-state index in [1.54, 1.807) is 6.07 Å². The van der Waals surface area contributed by atoms with Gasteiger partial charge < -0.3 is 10.4 Å². The molecule has 0 fully saturated rings. The van der Waals surface area contributed by atoms with E-state index in [4.69, 9.17) is 5.11 Å². The summed E-state index contributed by atoms with van der Waals surface area (Å²) in [4.78, 5) is 26.7. The molecule has 1 heterocycles. The minimum absolute atomic E-state index is 0.0405. The van der Waals surface area contributed by atoms with Gasteiger partial charge in [0.15, 0.2) is 0 Å². The Morgan fingerprint density at radius 3 is 2.29 bits per heavy atom. The van der Waals surface area contributed by atoms with Crippen molar-refractivity contribution >= 4 is 17.6 Å². The Bertz CT molecular complexity index is 670. The number of aromatic nitrogens is 1. The summed E-state index contributed by atoms with van der Waals surface area (Å²) in [5.74, 6) is -1.23. The maximum absolute atomic E-state index is 12.2. The summed E-state index contributed by atoms with van der Waals surface area (Å²) in [6.07, 6.45) is 2.84. The van der Waals surface area contributed by atoms with Crippen molar-refractivity contribution in [2.24, 2.45) is 5.92 Å². The average Bonchev–Trinajstić information content (AvgIpc) is 2.92. The third-order valence-corrected chi connectivity index (χ3v) is 3.67. The van der Waals surface area contributed by atoms with Gasteiger partial charge in [0, 0.05) is 5.92 Å². The molecular formula is C16H14N2O3. The molecule has 0 bridgehead atoms. The first-order valence-electron chi connectivity index (χ1n) is 6.70. The van der Waals surface area contributed by atoms with E-state index in [1.165, 1.54) is 23.4 Å². The lowest BCUT2D eigenvalue weighted by molar-refractivity contribution is -0.119. The van der Waals surface area contributed by atoms with Gasteiger partial charge >= 0.3 is 5.97 Å². The van der Waals surface area contributed by atoms with Gasteiger partial charge in [-0.05, 0) is 36.1 Å². The van der Waals surface area contributed by atoms with Gasteiger partial charge in [0.05, 0.1) is 11.9 Å². The van der Waals surface area contributed by atoms with E-state index in [0.29, 0.717) is 5.69 Å². The lowest BCUT2D eigenvalue weighted by atomic mass is 10.1. The molecule has 0 atom stereocenters. The molecule has 0 saturated heterocycles. The maximum Gasteiger partial charge on any atom is 0.354 e. The predicted octanol–water partition coefficient (Wildman–Crippen LogP) is 2.13. The number of nitrogens with one attached hydrogen (secondary N) is 1. The minimum Gasteiger partial charge on any atom is -0.477 e. The molecule has 21 heavy (non-hydrogen) atoms. The molecule has 3 rings (SSSR count). The van der Waals surface area contributed by atoms with Crippen molar-refractivity contribution in [3.05, 3.63) is 59.4 Å². The highest BCUT2D eigenvalue weighted by Gasteiger charge is 2.27. The molecule has 1 amide bonds. The van der Waals surface area contributed by atoms with Crippen LogP contribution in [0.5, 0.6) is 0 Å². The summed E-state index contributed by atoms with van der Waals surface area (Å²) in [6.45, 7) is 0. The number of benzene rings is 1. The Morgan fingerprint density at radius 2 is 1.76 bits per heavy atom. The Morgan fingerprint density at radius 1 is 1.10 bits per heavy atom. The molecule has 5 nitrogen and oxygen atoms in total. The van der Waals surface area contributed by atoms with Gasteiger partial charge in [-0.3, -0.25) is 4.79 Å². The number of carbonyl (C=O) groups excluding carboxylic acids is 1. The van der Waals surface area contributed by atoms with Crippen LogP contribution in [-0.2, 0) is 17.6 Å². The minimum atomic E-state index is -1.08. The van der Waals surface area contributed by atoms with E-state index in [2.05, 4.69) is 10.3 Å². The van der Waals surface area contributed by atoms with Crippen LogP contribution < -0.4 is 5.32 Å². The largest absolute Gasteiger partial charge is 0.477 e. The molecule has 1 aliphatic carbocycles. The Labute approximate surface area is 121 Å². The molecule has 2 aromatic rings. The van der Waals surface area contributed by atoms with E-state index in [-0.39, 0.29) is 17.5 Å². The number of pyridine rings is 1. The van der Waals surface area contributed by atoms with E-state index in [1.807, 2.05) is 24.3 Å². The van der Waals surface area contributed by atoms with Crippen LogP contribution in [0.25, 0.3) is 0 Å². The molecule has 0 aliphatic heterocycles. The number of carbonyl (C=O) groups is 2. The smallest absolute Gasteiger partial charge is 0.354 e. The average molecular weight is 282 g/mol. The molecular weight excluding hydrogens is 268 g/mol. The zero-order valence-electron chi connectivity index (χ0n) is 11.2. The van der Waals surface area contributed by atoms with E-state index in [9.17, 15) is 9.59 Å². The van der Waals surface area contributed by atoms with Crippen LogP contribution in [0.4, 0.5) is 5.69 Å². The van der Waals surface area contributed by atoms with E-state index < -0.39 is 5.97 Å². The number of aromatic carboxylic acids is 1. The van der Waals surface area contributed by atoms with E-state index in [0.717, 1.165) is 12.8 Å². The molecule has 106 valence electrons. The highest BCUT2D eigenvalue weighted by atomic mass is 16.4. The SMILES string of the molecule is O=C(O)c1ccc(NC(=O)C2Cc3ccccc3C2)cn1. The fourth-order valence-corrected chi connectivity index (χ4v) is 2.58. The molecule has 0 unspecified atom stereocenters. The molecule has 1 aromatic heterocycles. The third kappa shape index (κ3) is 2.76. The van der Waals surface area contributed by atoms with Crippen LogP contribution in [0, 0.1) is 5.92 Å². The fourth-order valence-electron chi connectivity index (χ4n) is 2.58. The second-order valence-electron chi connectivity index (χ2n) is 5.10.